The molecule has 3 heterocycles. The summed E-state index contributed by atoms with van der Waals surface area (Å²) in [4.78, 5) is 13.8. The molecule has 0 radical (unpaired) electrons. The molecular formula is C21H14BrN3. The summed E-state index contributed by atoms with van der Waals surface area (Å²) in [5.41, 5.74) is 5.55. The van der Waals surface area contributed by atoms with Crippen molar-refractivity contribution in [2.24, 2.45) is 0 Å². The number of halogens is 1. The van der Waals surface area contributed by atoms with Crippen LogP contribution in [0.2, 0.25) is 0 Å². The van der Waals surface area contributed by atoms with Crippen LogP contribution in [0.5, 0.6) is 0 Å². The Bertz CT molecular complexity index is 944. The van der Waals surface area contributed by atoms with E-state index in [9.17, 15) is 0 Å². The zero-order valence-corrected chi connectivity index (χ0v) is 14.9. The van der Waals surface area contributed by atoms with Crippen LogP contribution in [0, 0.1) is 0 Å². The van der Waals surface area contributed by atoms with Gasteiger partial charge in [-0.25, -0.2) is 9.97 Å². The second-order valence-electron chi connectivity index (χ2n) is 5.55. The van der Waals surface area contributed by atoms with E-state index in [-0.39, 0.29) is 0 Å². The Morgan fingerprint density at radius 2 is 1.28 bits per heavy atom. The maximum atomic E-state index is 4.79. The fourth-order valence-corrected chi connectivity index (χ4v) is 3.00. The first-order chi connectivity index (χ1) is 12.3. The second kappa shape index (κ2) is 6.95. The van der Waals surface area contributed by atoms with Crippen molar-refractivity contribution in [3.05, 3.63) is 89.7 Å². The molecule has 4 aromatic rings. The largest absolute Gasteiger partial charge is 0.255 e. The summed E-state index contributed by atoms with van der Waals surface area (Å²) in [6, 6.07) is 26.1. The van der Waals surface area contributed by atoms with Crippen molar-refractivity contribution in [1.82, 2.24) is 15.0 Å². The minimum Gasteiger partial charge on any atom is -0.255 e. The highest BCUT2D eigenvalue weighted by Crippen LogP contribution is 2.29. The van der Waals surface area contributed by atoms with Crippen LogP contribution in [-0.2, 0) is 0 Å². The molecule has 3 nitrogen and oxygen atoms in total. The third-order valence-corrected chi connectivity index (χ3v) is 4.28. The molecule has 0 saturated carbocycles. The molecule has 0 N–H and O–H groups in total. The van der Waals surface area contributed by atoms with Crippen molar-refractivity contribution >= 4 is 15.9 Å². The van der Waals surface area contributed by atoms with Crippen molar-refractivity contribution in [2.75, 3.05) is 0 Å². The molecule has 0 saturated heterocycles. The number of benzene rings is 1. The second-order valence-corrected chi connectivity index (χ2v) is 6.37. The number of rotatable bonds is 3. The zero-order valence-electron chi connectivity index (χ0n) is 13.3. The average Bonchev–Trinajstić information content (AvgIpc) is 2.69. The molecule has 4 rings (SSSR count). The predicted molar refractivity (Wildman–Crippen MR) is 104 cm³/mol. The van der Waals surface area contributed by atoms with E-state index in [1.807, 2.05) is 54.6 Å². The lowest BCUT2D eigenvalue weighted by Crippen LogP contribution is -1.94. The van der Waals surface area contributed by atoms with Gasteiger partial charge >= 0.3 is 0 Å². The Morgan fingerprint density at radius 3 is 2.00 bits per heavy atom. The molecule has 0 unspecified atom stereocenters. The number of aromatic nitrogens is 3. The highest BCUT2D eigenvalue weighted by atomic mass is 79.9. The molecule has 0 aliphatic carbocycles. The van der Waals surface area contributed by atoms with Crippen molar-refractivity contribution in [2.45, 2.75) is 0 Å². The Labute approximate surface area is 154 Å². The van der Waals surface area contributed by atoms with Gasteiger partial charge in [-0.15, -0.1) is 0 Å². The quantitative estimate of drug-likeness (QED) is 0.427. The highest BCUT2D eigenvalue weighted by molar-refractivity contribution is 9.10. The molecule has 0 bridgehead atoms. The van der Waals surface area contributed by atoms with Gasteiger partial charge < -0.3 is 0 Å². The molecule has 25 heavy (non-hydrogen) atoms. The van der Waals surface area contributed by atoms with Gasteiger partial charge in [0.15, 0.2) is 0 Å². The smallest absolute Gasteiger partial charge is 0.106 e. The zero-order chi connectivity index (χ0) is 17.1. The molecule has 0 amide bonds. The molecule has 120 valence electrons. The Balaban J connectivity index is 1.92. The summed E-state index contributed by atoms with van der Waals surface area (Å²) in [6.07, 6.45) is 1.78. The lowest BCUT2D eigenvalue weighted by Gasteiger charge is -2.09. The van der Waals surface area contributed by atoms with Crippen LogP contribution in [0.15, 0.2) is 89.7 Å². The van der Waals surface area contributed by atoms with Crippen LogP contribution in [0.4, 0.5) is 0 Å². The third kappa shape index (κ3) is 3.49. The van der Waals surface area contributed by atoms with Crippen molar-refractivity contribution in [1.29, 1.82) is 0 Å². The van der Waals surface area contributed by atoms with E-state index in [0.29, 0.717) is 0 Å². The lowest BCUT2D eigenvalue weighted by atomic mass is 10.0. The monoisotopic (exact) mass is 387 g/mol. The Hall–Kier alpha value is -2.85. The van der Waals surface area contributed by atoms with E-state index in [1.165, 1.54) is 0 Å². The van der Waals surface area contributed by atoms with Gasteiger partial charge in [-0.05, 0) is 63.5 Å². The van der Waals surface area contributed by atoms with Gasteiger partial charge in [0.1, 0.15) is 4.60 Å². The molecule has 0 fully saturated rings. The predicted octanol–water partition coefficient (Wildman–Crippen LogP) is 5.64. The first-order valence-corrected chi connectivity index (χ1v) is 8.71. The van der Waals surface area contributed by atoms with Crippen LogP contribution in [-0.4, -0.2) is 15.0 Å². The summed E-state index contributed by atoms with van der Waals surface area (Å²) in [5, 5.41) is 0. The minimum absolute atomic E-state index is 0.788. The van der Waals surface area contributed by atoms with E-state index >= 15 is 0 Å². The standard InChI is InChI=1S/C21H14BrN3/c22-21-11-6-10-18(25-21)20-14-16(15-7-2-1-3-8-15)13-19(24-20)17-9-4-5-12-23-17/h1-14H. The SMILES string of the molecule is Brc1cccc(-c2cc(-c3ccccc3)cc(-c3ccccn3)n2)n1. The maximum absolute atomic E-state index is 4.79. The third-order valence-electron chi connectivity index (χ3n) is 3.84. The fraction of sp³-hybridized carbons (Fsp3) is 0. The van der Waals surface area contributed by atoms with E-state index in [1.54, 1.807) is 6.20 Å². The van der Waals surface area contributed by atoms with Gasteiger partial charge in [-0.2, -0.15) is 0 Å². The van der Waals surface area contributed by atoms with Crippen LogP contribution in [0.1, 0.15) is 0 Å². The van der Waals surface area contributed by atoms with Gasteiger partial charge in [-0.3, -0.25) is 4.98 Å². The summed E-state index contributed by atoms with van der Waals surface area (Å²) in [5.74, 6) is 0. The summed E-state index contributed by atoms with van der Waals surface area (Å²) < 4.78 is 0.788. The molecule has 0 aliphatic rings. The van der Waals surface area contributed by atoms with Crippen LogP contribution in [0.25, 0.3) is 33.9 Å². The maximum Gasteiger partial charge on any atom is 0.106 e. The van der Waals surface area contributed by atoms with Crippen molar-refractivity contribution < 1.29 is 0 Å². The first kappa shape index (κ1) is 15.7. The van der Waals surface area contributed by atoms with Gasteiger partial charge in [0.25, 0.3) is 0 Å². The van der Waals surface area contributed by atoms with Crippen molar-refractivity contribution in [3.8, 4) is 33.9 Å². The van der Waals surface area contributed by atoms with E-state index in [4.69, 9.17) is 4.98 Å². The molecule has 0 spiro atoms. The lowest BCUT2D eigenvalue weighted by molar-refractivity contribution is 1.20. The molecule has 0 atom stereocenters. The Morgan fingerprint density at radius 1 is 0.560 bits per heavy atom. The van der Waals surface area contributed by atoms with E-state index in [2.05, 4.69) is 50.2 Å². The van der Waals surface area contributed by atoms with Gasteiger partial charge in [0.2, 0.25) is 0 Å². The van der Waals surface area contributed by atoms with Crippen LogP contribution in [0.3, 0.4) is 0 Å². The van der Waals surface area contributed by atoms with Gasteiger partial charge in [-0.1, -0.05) is 42.5 Å². The van der Waals surface area contributed by atoms with Gasteiger partial charge in [0, 0.05) is 6.20 Å². The molecule has 1 aromatic carbocycles. The summed E-state index contributed by atoms with van der Waals surface area (Å²) in [7, 11) is 0. The fourth-order valence-electron chi connectivity index (χ4n) is 2.66. The summed E-state index contributed by atoms with van der Waals surface area (Å²) >= 11 is 3.44. The minimum atomic E-state index is 0.788. The van der Waals surface area contributed by atoms with Crippen LogP contribution >= 0.6 is 15.9 Å². The van der Waals surface area contributed by atoms with Crippen LogP contribution < -0.4 is 0 Å². The topological polar surface area (TPSA) is 38.7 Å². The number of pyridine rings is 3. The normalized spacial score (nSPS) is 10.6. The number of hydrogen-bond donors (Lipinski definition) is 0. The molecule has 0 aliphatic heterocycles. The van der Waals surface area contributed by atoms with Gasteiger partial charge in [0.05, 0.1) is 22.8 Å². The molecule has 4 heteroatoms. The Kier molecular flexibility index (Phi) is 4.36. The first-order valence-electron chi connectivity index (χ1n) is 7.91. The summed E-state index contributed by atoms with van der Waals surface area (Å²) in [6.45, 7) is 0. The van der Waals surface area contributed by atoms with E-state index < -0.39 is 0 Å². The number of nitrogens with zero attached hydrogens (tertiary/aromatic N) is 3. The number of hydrogen-bond acceptors (Lipinski definition) is 3. The highest BCUT2D eigenvalue weighted by Gasteiger charge is 2.10. The van der Waals surface area contributed by atoms with Crippen molar-refractivity contribution in [3.63, 3.8) is 0 Å². The van der Waals surface area contributed by atoms with E-state index in [0.717, 1.165) is 38.5 Å². The molecule has 3 aromatic heterocycles. The average molecular weight is 388 g/mol. The molecular weight excluding hydrogens is 374 g/mol.